The number of pyridine rings is 1. The molecule has 2 heterocycles. The number of carboxylic acids is 1. The van der Waals surface area contributed by atoms with Gasteiger partial charge < -0.3 is 10.4 Å². The van der Waals surface area contributed by atoms with Gasteiger partial charge in [-0.1, -0.05) is 32.1 Å². The summed E-state index contributed by atoms with van der Waals surface area (Å²) in [5.74, 6) is -1.04. The van der Waals surface area contributed by atoms with Gasteiger partial charge in [0, 0.05) is 18.5 Å². The maximum atomic E-state index is 12.9. The maximum absolute atomic E-state index is 12.9. The third-order valence-corrected chi connectivity index (χ3v) is 5.03. The minimum absolute atomic E-state index is 0.00797. The molecule has 1 aliphatic carbocycles. The van der Waals surface area contributed by atoms with E-state index < -0.39 is 29.2 Å². The molecule has 1 amide bonds. The van der Waals surface area contributed by atoms with Gasteiger partial charge in [-0.15, -0.1) is 0 Å². The third kappa shape index (κ3) is 4.73. The molecule has 1 aliphatic rings. The Morgan fingerprint density at radius 3 is 2.57 bits per heavy atom. The molecule has 0 aliphatic heterocycles. The monoisotopic (exact) mass is 386 g/mol. The molecule has 1 unspecified atom stereocenters. The number of amides is 1. The van der Waals surface area contributed by atoms with Gasteiger partial charge in [0.1, 0.15) is 11.9 Å². The van der Waals surface area contributed by atoms with Crippen LogP contribution in [0.2, 0.25) is 0 Å². The lowest BCUT2D eigenvalue weighted by Gasteiger charge is -2.26. The minimum Gasteiger partial charge on any atom is -0.478 e. The Hall–Kier alpha value is -3.23. The predicted octanol–water partition coefficient (Wildman–Crippen LogP) is 1.78. The molecule has 2 aromatic rings. The van der Waals surface area contributed by atoms with Crippen molar-refractivity contribution < 1.29 is 14.7 Å². The first kappa shape index (κ1) is 19.5. The summed E-state index contributed by atoms with van der Waals surface area (Å²) in [6.45, 7) is 0. The fourth-order valence-electron chi connectivity index (χ4n) is 3.56. The molecule has 0 saturated heterocycles. The number of rotatable bonds is 6. The summed E-state index contributed by atoms with van der Waals surface area (Å²) in [7, 11) is 0. The van der Waals surface area contributed by atoms with Gasteiger partial charge in [-0.25, -0.2) is 14.6 Å². The summed E-state index contributed by atoms with van der Waals surface area (Å²) in [5, 5.41) is 11.6. The predicted molar refractivity (Wildman–Crippen MR) is 101 cm³/mol. The number of carboxylic acid groups (broad SMARTS) is 1. The van der Waals surface area contributed by atoms with E-state index in [0.29, 0.717) is 12.3 Å². The van der Waals surface area contributed by atoms with E-state index in [-0.39, 0.29) is 11.4 Å². The van der Waals surface area contributed by atoms with Crippen LogP contribution in [0.15, 0.2) is 40.2 Å². The summed E-state index contributed by atoms with van der Waals surface area (Å²) < 4.78 is 1.23. The molecule has 2 aromatic heterocycles. The first-order valence-corrected chi connectivity index (χ1v) is 9.25. The molecule has 9 heteroatoms. The first-order valence-electron chi connectivity index (χ1n) is 9.25. The van der Waals surface area contributed by atoms with Gasteiger partial charge in [0.2, 0.25) is 5.91 Å². The van der Waals surface area contributed by atoms with Crippen molar-refractivity contribution in [2.24, 2.45) is 5.92 Å². The van der Waals surface area contributed by atoms with Crippen LogP contribution in [0.3, 0.4) is 0 Å². The molecular formula is C19H22N4O5. The number of aromatic nitrogens is 3. The number of carbonyl (C=O) groups excluding carboxylic acids is 1. The number of hydrogen-bond acceptors (Lipinski definition) is 5. The number of anilines is 1. The van der Waals surface area contributed by atoms with E-state index in [9.17, 15) is 19.2 Å². The normalized spacial score (nSPS) is 15.7. The Kier molecular flexibility index (Phi) is 6.03. The lowest BCUT2D eigenvalue weighted by atomic mass is 9.84. The van der Waals surface area contributed by atoms with Crippen LogP contribution in [0, 0.1) is 5.92 Å². The summed E-state index contributed by atoms with van der Waals surface area (Å²) in [6.07, 6.45) is 8.31. The Bertz CT molecular complexity index is 957. The molecule has 28 heavy (non-hydrogen) atoms. The Balaban J connectivity index is 1.84. The lowest BCUT2D eigenvalue weighted by molar-refractivity contribution is -0.120. The molecule has 3 N–H and O–H groups in total. The van der Waals surface area contributed by atoms with Crippen LogP contribution < -0.4 is 16.6 Å². The van der Waals surface area contributed by atoms with Crippen LogP contribution in [-0.4, -0.2) is 31.5 Å². The van der Waals surface area contributed by atoms with Crippen LogP contribution in [-0.2, 0) is 4.79 Å². The molecule has 1 atom stereocenters. The molecule has 0 radical (unpaired) electrons. The third-order valence-electron chi connectivity index (χ3n) is 5.03. The smallest absolute Gasteiger partial charge is 0.337 e. The molecule has 0 spiro atoms. The first-order chi connectivity index (χ1) is 13.4. The largest absolute Gasteiger partial charge is 0.478 e. The van der Waals surface area contributed by atoms with E-state index in [1.807, 2.05) is 0 Å². The average Bonchev–Trinajstić information content (AvgIpc) is 2.68. The van der Waals surface area contributed by atoms with E-state index in [1.54, 1.807) is 0 Å². The average molecular weight is 386 g/mol. The summed E-state index contributed by atoms with van der Waals surface area (Å²) in [6, 6.07) is 3.15. The fraction of sp³-hybridized carbons (Fsp3) is 0.421. The summed E-state index contributed by atoms with van der Waals surface area (Å²) in [4.78, 5) is 53.6. The topological polar surface area (TPSA) is 134 Å². The van der Waals surface area contributed by atoms with E-state index >= 15 is 0 Å². The van der Waals surface area contributed by atoms with Crippen LogP contribution in [0.4, 0.5) is 5.82 Å². The zero-order valence-corrected chi connectivity index (χ0v) is 15.3. The fourth-order valence-corrected chi connectivity index (χ4v) is 3.56. The van der Waals surface area contributed by atoms with Gasteiger partial charge in [-0.3, -0.25) is 19.1 Å². The molecule has 0 aromatic carbocycles. The van der Waals surface area contributed by atoms with Crippen LogP contribution >= 0.6 is 0 Å². The molecular weight excluding hydrogens is 364 g/mol. The van der Waals surface area contributed by atoms with Crippen molar-refractivity contribution in [3.63, 3.8) is 0 Å². The maximum Gasteiger partial charge on any atom is 0.337 e. The number of nitrogens with one attached hydrogen (secondary N) is 2. The lowest BCUT2D eigenvalue weighted by Crippen LogP contribution is -2.38. The molecule has 1 fully saturated rings. The van der Waals surface area contributed by atoms with E-state index in [4.69, 9.17) is 5.11 Å². The highest BCUT2D eigenvalue weighted by Gasteiger charge is 2.27. The van der Waals surface area contributed by atoms with Crippen LogP contribution in [0.25, 0.3) is 0 Å². The van der Waals surface area contributed by atoms with Crippen molar-refractivity contribution in [2.75, 3.05) is 5.32 Å². The Morgan fingerprint density at radius 2 is 1.96 bits per heavy atom. The van der Waals surface area contributed by atoms with Crippen LogP contribution in [0.1, 0.15) is 54.9 Å². The highest BCUT2D eigenvalue weighted by atomic mass is 16.4. The van der Waals surface area contributed by atoms with Crippen LogP contribution in [0.5, 0.6) is 0 Å². The number of nitrogens with zero attached hydrogens (tertiary/aromatic N) is 2. The van der Waals surface area contributed by atoms with Gasteiger partial charge in [-0.2, -0.15) is 0 Å². The van der Waals surface area contributed by atoms with Crippen molar-refractivity contribution in [1.29, 1.82) is 0 Å². The van der Waals surface area contributed by atoms with E-state index in [2.05, 4.69) is 15.3 Å². The van der Waals surface area contributed by atoms with Crippen molar-refractivity contribution >= 4 is 17.7 Å². The quantitative estimate of drug-likeness (QED) is 0.693. The highest BCUT2D eigenvalue weighted by molar-refractivity contribution is 5.93. The zero-order chi connectivity index (χ0) is 20.1. The van der Waals surface area contributed by atoms with Gasteiger partial charge in [0.25, 0.3) is 5.56 Å². The number of carbonyl (C=O) groups is 2. The minimum atomic E-state index is -1.11. The summed E-state index contributed by atoms with van der Waals surface area (Å²) >= 11 is 0. The Labute approximate surface area is 160 Å². The highest BCUT2D eigenvalue weighted by Crippen LogP contribution is 2.30. The van der Waals surface area contributed by atoms with E-state index in [1.165, 1.54) is 35.4 Å². The second-order valence-corrected chi connectivity index (χ2v) is 7.00. The number of aromatic amines is 1. The van der Waals surface area contributed by atoms with Crippen molar-refractivity contribution in [3.05, 3.63) is 57.0 Å². The summed E-state index contributed by atoms with van der Waals surface area (Å²) in [5.41, 5.74) is -1.16. The van der Waals surface area contributed by atoms with Crippen molar-refractivity contribution in [1.82, 2.24) is 14.5 Å². The molecule has 3 rings (SSSR count). The standard InChI is InChI=1S/C19H22N4O5/c24-16-8-9-23(19(28)22-16)14(10-12-4-2-1-3-5-12)17(25)21-15-7-6-13(11-20-15)18(26)27/h6-9,11-12,14H,1-5,10H2,(H,26,27)(H,20,21,25)(H,22,24,28). The molecule has 0 bridgehead atoms. The number of H-pyrrole nitrogens is 1. The Morgan fingerprint density at radius 1 is 1.21 bits per heavy atom. The number of hydrogen-bond donors (Lipinski definition) is 3. The SMILES string of the molecule is O=C(O)c1ccc(NC(=O)C(CC2CCCCC2)n2ccc(=O)[nH]c2=O)nc1. The second-order valence-electron chi connectivity index (χ2n) is 7.00. The van der Waals surface area contributed by atoms with Gasteiger partial charge in [0.15, 0.2) is 0 Å². The van der Waals surface area contributed by atoms with Crippen molar-refractivity contribution in [3.8, 4) is 0 Å². The zero-order valence-electron chi connectivity index (χ0n) is 15.3. The second kappa shape index (κ2) is 8.64. The van der Waals surface area contributed by atoms with Crippen molar-refractivity contribution in [2.45, 2.75) is 44.6 Å². The van der Waals surface area contributed by atoms with Gasteiger partial charge >= 0.3 is 11.7 Å². The number of aromatic carboxylic acids is 1. The van der Waals surface area contributed by atoms with Gasteiger partial charge in [-0.05, 0) is 24.5 Å². The molecule has 9 nitrogen and oxygen atoms in total. The molecule has 1 saturated carbocycles. The van der Waals surface area contributed by atoms with Gasteiger partial charge in [0.05, 0.1) is 5.56 Å². The molecule has 148 valence electrons. The van der Waals surface area contributed by atoms with E-state index in [0.717, 1.165) is 31.9 Å².